The van der Waals surface area contributed by atoms with Crippen LogP contribution in [0.3, 0.4) is 0 Å². The van der Waals surface area contributed by atoms with Gasteiger partial charge in [-0.2, -0.15) is 0 Å². The molecular weight excluding hydrogens is 1430 g/mol. The molecule has 0 aliphatic carbocycles. The van der Waals surface area contributed by atoms with Crippen LogP contribution in [-0.4, -0.2) is 223 Å². The number of carboxylic acid groups (broad SMARTS) is 2. The molecular formula is C66H96Cl2N12O25. The third-order valence-corrected chi connectivity index (χ3v) is 17.0. The molecule has 10 amide bonds. The summed E-state index contributed by atoms with van der Waals surface area (Å²) in [5.74, 6) is -28.0. The lowest BCUT2D eigenvalue weighted by Gasteiger charge is -2.29. The minimum atomic E-state index is -2.32. The molecule has 0 spiro atoms. The highest BCUT2D eigenvalue weighted by atomic mass is 35.5. The van der Waals surface area contributed by atoms with Gasteiger partial charge in [0.15, 0.2) is 23.1 Å². The number of ketones is 4. The van der Waals surface area contributed by atoms with E-state index in [0.717, 1.165) is 52.0 Å². The number of nitrogens with one attached hydrogen (secondary N) is 10. The monoisotopic (exact) mass is 1530 g/mol. The fourth-order valence-electron chi connectivity index (χ4n) is 10.8. The summed E-state index contributed by atoms with van der Waals surface area (Å²) in [4.78, 5) is 256. The fraction of sp³-hybridized carbons (Fsp3) is 0.621. The number of amides is 10. The third kappa shape index (κ3) is 33.7. The Morgan fingerprint density at radius 2 is 1.28 bits per heavy atom. The predicted octanol–water partition coefficient (Wildman–Crippen LogP) is -2.01. The summed E-state index contributed by atoms with van der Waals surface area (Å²) < 4.78 is 15.2. The van der Waals surface area contributed by atoms with E-state index in [2.05, 4.69) is 57.9 Å². The molecule has 1 fully saturated rings. The fourth-order valence-corrected chi connectivity index (χ4v) is 11.3. The van der Waals surface area contributed by atoms with Crippen molar-refractivity contribution in [2.75, 3.05) is 51.3 Å². The van der Waals surface area contributed by atoms with Crippen LogP contribution in [0.15, 0.2) is 12.1 Å². The summed E-state index contributed by atoms with van der Waals surface area (Å²) in [6.45, 7) is 1.67. The maximum Gasteiger partial charge on any atom is 0.329 e. The first-order chi connectivity index (χ1) is 49.6. The number of cyclic esters (lactones) is 1. The van der Waals surface area contributed by atoms with Gasteiger partial charge in [-0.3, -0.25) is 86.3 Å². The molecule has 1 aromatic carbocycles. The summed E-state index contributed by atoms with van der Waals surface area (Å²) in [6, 6.07) is -10.9. The summed E-state index contributed by atoms with van der Waals surface area (Å²) in [5.41, 5.74) is 10.9. The summed E-state index contributed by atoms with van der Waals surface area (Å²) >= 11 is 12.8. The van der Waals surface area contributed by atoms with E-state index in [1.165, 1.54) is 13.0 Å². The zero-order valence-corrected chi connectivity index (χ0v) is 60.5. The van der Waals surface area contributed by atoms with Gasteiger partial charge in [0.05, 0.1) is 67.2 Å². The summed E-state index contributed by atoms with van der Waals surface area (Å²) in [5, 5.41) is 53.2. The standard InChI is InChI=1S/C66H96Cl2N12O25/c1-6-8-9-10-11-12-13-16-53(89)76-44(26-52(70)88)50(86)19-37(21-57(94)95)61(97)80-58-36(5)105-66(102)45(25-48(84)41-22-39(67)23-42(68)59(41)71-7-2)78-63(99)40(34(3)18-56(92)93)24-51(87)46(29-81)77-55(91)27-72-64(100)47(31-104-33-83)79-60(96)35(4)74-62(98)38(30-103-32-82)20-49(85)43(15-14-17-69)75-54(90)28-73-65(58)101/h22-23,32-38,40,43-47,58,71,81H,6-21,24-31,69H2,1-5H3,(H2,70,88)(H,72,100)(H,73,101)(H,74,98)(H,75,90)(H,76,89)(H,77,91)(H,78,99)(H,79,96)(H,80,97)(H,92,93)(H,94,95)/t34-,35-,36-,37+,38+,40+,43+,44-,45+,46-,47+,58+/m1/s1. The number of rotatable bonds is 36. The van der Waals surface area contributed by atoms with Crippen molar-refractivity contribution >= 4 is 142 Å². The number of hydrogen-bond donors (Lipinski definition) is 15. The molecule has 2 rings (SSSR count). The van der Waals surface area contributed by atoms with E-state index < -0.39 is 250 Å². The first kappa shape index (κ1) is 91.3. The average molecular weight is 1530 g/mol. The van der Waals surface area contributed by atoms with Gasteiger partial charge < -0.3 is 94.2 Å². The zero-order valence-electron chi connectivity index (χ0n) is 58.9. The van der Waals surface area contributed by atoms with Crippen LogP contribution < -0.4 is 64.6 Å². The maximum atomic E-state index is 14.9. The van der Waals surface area contributed by atoms with Gasteiger partial charge in [-0.1, -0.05) is 75.6 Å². The van der Waals surface area contributed by atoms with Crippen molar-refractivity contribution in [3.63, 3.8) is 0 Å². The van der Waals surface area contributed by atoms with E-state index in [1.54, 1.807) is 6.92 Å². The topological polar surface area (TPSA) is 585 Å². The molecule has 1 heterocycles. The van der Waals surface area contributed by atoms with Crippen molar-refractivity contribution in [2.24, 2.45) is 35.1 Å². The minimum Gasteiger partial charge on any atom is -0.481 e. The van der Waals surface area contributed by atoms with Gasteiger partial charge in [-0.05, 0) is 64.6 Å². The molecule has 0 aromatic heterocycles. The van der Waals surface area contributed by atoms with Gasteiger partial charge in [0, 0.05) is 61.6 Å². The molecule has 0 unspecified atom stereocenters. The normalized spacial score (nSPS) is 21.9. The molecule has 105 heavy (non-hydrogen) atoms. The lowest BCUT2D eigenvalue weighted by molar-refractivity contribution is -0.156. The number of Topliss-reactive ketones (excluding diaryl/α,β-unsaturated/α-hetero) is 4. The SMILES string of the molecule is CCCCCCCCCC(=O)N[C@H](CC(N)=O)C(=O)C[C@@H](CC(=O)O)C(=O)N[C@@H]1C(=O)NCC(=O)N[C@@H](CCCN)C(=O)C[C@@H](COC=O)C(=O)N[C@H](C)C(=O)N[C@@H](COC=O)C(=O)NCC(=O)N[C@H](CO)C(=O)C[C@@H]([C@H](C)CC(=O)O)C(=O)N[C@@H](CC(=O)c2cc(Cl)cc(Cl)c2NCC)C(=O)O[C@@H]1C. The van der Waals surface area contributed by atoms with Gasteiger partial charge >= 0.3 is 17.9 Å². The number of esters is 1. The lowest BCUT2D eigenvalue weighted by atomic mass is 9.84. The van der Waals surface area contributed by atoms with Crippen molar-refractivity contribution in [1.82, 2.24) is 47.9 Å². The smallest absolute Gasteiger partial charge is 0.329 e. The Kier molecular flexibility index (Phi) is 42.0. The minimum absolute atomic E-state index is 0.0150. The second kappa shape index (κ2) is 48.3. The molecule has 12 atom stereocenters. The van der Waals surface area contributed by atoms with E-state index >= 15 is 0 Å². The Morgan fingerprint density at radius 3 is 1.87 bits per heavy atom. The van der Waals surface area contributed by atoms with Crippen LogP contribution in [0.25, 0.3) is 0 Å². The van der Waals surface area contributed by atoms with Crippen LogP contribution in [0, 0.1) is 23.7 Å². The van der Waals surface area contributed by atoms with E-state index in [-0.39, 0.29) is 66.6 Å². The highest BCUT2D eigenvalue weighted by molar-refractivity contribution is 6.37. The van der Waals surface area contributed by atoms with Crippen LogP contribution in [0.1, 0.15) is 154 Å². The zero-order chi connectivity index (χ0) is 79.0. The number of benzene rings is 1. The Balaban J connectivity index is 3.01. The Bertz CT molecular complexity index is 3270. The van der Waals surface area contributed by atoms with Gasteiger partial charge in [0.2, 0.25) is 59.1 Å². The number of hydrogen-bond acceptors (Lipinski definition) is 25. The van der Waals surface area contributed by atoms with Gasteiger partial charge in [-0.15, -0.1) is 0 Å². The Hall–Kier alpha value is -9.75. The number of ether oxygens (including phenoxy) is 3. The molecule has 1 saturated heterocycles. The third-order valence-electron chi connectivity index (χ3n) is 16.4. The number of halogens is 2. The Morgan fingerprint density at radius 1 is 0.686 bits per heavy atom. The molecule has 0 saturated carbocycles. The van der Waals surface area contributed by atoms with Crippen LogP contribution in [0.5, 0.6) is 0 Å². The average Bonchev–Trinajstić information content (AvgIpc) is 0.819. The number of unbranched alkanes of at least 4 members (excludes halogenated alkanes) is 6. The van der Waals surface area contributed by atoms with Crippen molar-refractivity contribution in [3.8, 4) is 0 Å². The van der Waals surface area contributed by atoms with Gasteiger partial charge in [0.1, 0.15) is 49.5 Å². The number of anilines is 1. The molecule has 1 aliphatic heterocycles. The Labute approximate surface area is 614 Å². The van der Waals surface area contributed by atoms with Crippen molar-refractivity contribution in [3.05, 3.63) is 27.7 Å². The molecule has 1 aromatic rings. The number of carbonyl (C=O) groups is 19. The number of carbonyl (C=O) groups excluding carboxylic acids is 17. The quantitative estimate of drug-likeness (QED) is 0.0114. The number of carboxylic acids is 2. The first-order valence-electron chi connectivity index (χ1n) is 34.0. The van der Waals surface area contributed by atoms with Crippen LogP contribution in [0.2, 0.25) is 10.0 Å². The molecule has 37 nitrogen and oxygen atoms in total. The predicted molar refractivity (Wildman–Crippen MR) is 369 cm³/mol. The van der Waals surface area contributed by atoms with Crippen LogP contribution >= 0.6 is 23.2 Å². The largest absolute Gasteiger partial charge is 0.481 e. The first-order valence-corrected chi connectivity index (χ1v) is 34.7. The number of aliphatic hydroxyl groups is 1. The van der Waals surface area contributed by atoms with Crippen molar-refractivity contribution < 1.29 is 121 Å². The van der Waals surface area contributed by atoms with Crippen LogP contribution in [-0.2, 0) is 101 Å². The maximum absolute atomic E-state index is 14.9. The summed E-state index contributed by atoms with van der Waals surface area (Å²) in [6.07, 6.45) is -3.66. The molecule has 39 heteroatoms. The molecule has 0 radical (unpaired) electrons. The molecule has 1 aliphatic rings. The summed E-state index contributed by atoms with van der Waals surface area (Å²) in [7, 11) is 0. The molecule has 0 bridgehead atoms. The van der Waals surface area contributed by atoms with E-state index in [4.69, 9.17) is 44.1 Å². The number of primary amides is 1. The highest BCUT2D eigenvalue weighted by Crippen LogP contribution is 2.32. The highest BCUT2D eigenvalue weighted by Gasteiger charge is 2.41. The molecule has 584 valence electrons. The van der Waals surface area contributed by atoms with E-state index in [9.17, 15) is 106 Å². The number of aliphatic hydroxyl groups excluding tert-OH is 1. The molecule has 17 N–H and O–H groups in total. The van der Waals surface area contributed by atoms with E-state index in [1.807, 2.05) is 6.92 Å². The van der Waals surface area contributed by atoms with Gasteiger partial charge in [-0.25, -0.2) is 4.79 Å². The van der Waals surface area contributed by atoms with Crippen LogP contribution in [0.4, 0.5) is 5.69 Å². The number of nitrogens with two attached hydrogens (primary N) is 2. The second-order valence-corrected chi connectivity index (χ2v) is 25.8. The second-order valence-electron chi connectivity index (χ2n) is 24.9. The van der Waals surface area contributed by atoms with E-state index in [0.29, 0.717) is 12.8 Å². The lowest BCUT2D eigenvalue weighted by Crippen LogP contribution is -2.57. The van der Waals surface area contributed by atoms with Gasteiger partial charge in [0.25, 0.3) is 12.9 Å². The number of aliphatic carboxylic acids is 2. The van der Waals surface area contributed by atoms with Crippen molar-refractivity contribution in [2.45, 2.75) is 192 Å². The van der Waals surface area contributed by atoms with Crippen molar-refractivity contribution in [1.29, 1.82) is 0 Å².